The monoisotopic (exact) mass is 217 g/mol. The SMILES string of the molecule is COCC1CCN(c2ccnc(C#N)c2)C1. The van der Waals surface area contributed by atoms with Crippen LogP contribution in [-0.4, -0.2) is 31.8 Å². The molecule has 1 atom stereocenters. The molecule has 0 radical (unpaired) electrons. The maximum atomic E-state index is 8.79. The standard InChI is InChI=1S/C12H15N3O/c1-16-9-10-3-5-15(8-10)12-2-4-14-11(6-12)7-13/h2,4,6,10H,3,5,8-9H2,1H3. The molecule has 1 fully saturated rings. The van der Waals surface area contributed by atoms with Gasteiger partial charge in [0.05, 0.1) is 6.61 Å². The van der Waals surface area contributed by atoms with Crippen LogP contribution in [0.1, 0.15) is 12.1 Å². The summed E-state index contributed by atoms with van der Waals surface area (Å²) in [5.41, 5.74) is 1.57. The molecular formula is C12H15N3O. The first-order chi connectivity index (χ1) is 7.83. The van der Waals surface area contributed by atoms with Gasteiger partial charge in [-0.05, 0) is 18.6 Å². The Balaban J connectivity index is 2.06. The van der Waals surface area contributed by atoms with E-state index in [0.717, 1.165) is 31.8 Å². The third kappa shape index (κ3) is 2.31. The molecule has 1 aromatic heterocycles. The first kappa shape index (κ1) is 10.9. The van der Waals surface area contributed by atoms with E-state index >= 15 is 0 Å². The van der Waals surface area contributed by atoms with Crippen molar-refractivity contribution in [3.8, 4) is 6.07 Å². The number of nitrogens with zero attached hydrogens (tertiary/aromatic N) is 3. The molecule has 0 aromatic carbocycles. The topological polar surface area (TPSA) is 49.1 Å². The minimum atomic E-state index is 0.479. The van der Waals surface area contributed by atoms with Gasteiger partial charge in [-0.1, -0.05) is 0 Å². The summed E-state index contributed by atoms with van der Waals surface area (Å²) in [4.78, 5) is 6.26. The van der Waals surface area contributed by atoms with Crippen molar-refractivity contribution >= 4 is 5.69 Å². The Kier molecular flexibility index (Phi) is 3.37. The number of hydrogen-bond donors (Lipinski definition) is 0. The lowest BCUT2D eigenvalue weighted by Crippen LogP contribution is -2.21. The second kappa shape index (κ2) is 4.95. The highest BCUT2D eigenvalue weighted by Crippen LogP contribution is 2.23. The lowest BCUT2D eigenvalue weighted by atomic mass is 10.1. The van der Waals surface area contributed by atoms with E-state index in [1.54, 1.807) is 13.3 Å². The van der Waals surface area contributed by atoms with E-state index in [9.17, 15) is 0 Å². The van der Waals surface area contributed by atoms with Crippen LogP contribution < -0.4 is 4.90 Å². The van der Waals surface area contributed by atoms with Gasteiger partial charge in [-0.25, -0.2) is 4.98 Å². The molecule has 0 amide bonds. The van der Waals surface area contributed by atoms with Crippen molar-refractivity contribution in [2.24, 2.45) is 5.92 Å². The Labute approximate surface area is 95.5 Å². The number of pyridine rings is 1. The zero-order valence-corrected chi connectivity index (χ0v) is 9.39. The highest BCUT2D eigenvalue weighted by molar-refractivity contribution is 5.49. The smallest absolute Gasteiger partial charge is 0.142 e. The summed E-state index contributed by atoms with van der Waals surface area (Å²) in [5, 5.41) is 8.79. The predicted molar refractivity (Wildman–Crippen MR) is 61.1 cm³/mol. The molecule has 1 aliphatic heterocycles. The molecule has 1 saturated heterocycles. The second-order valence-electron chi connectivity index (χ2n) is 4.07. The maximum absolute atomic E-state index is 8.79. The summed E-state index contributed by atoms with van der Waals surface area (Å²) in [6, 6.07) is 5.86. The van der Waals surface area contributed by atoms with E-state index in [1.807, 2.05) is 12.1 Å². The second-order valence-corrected chi connectivity index (χ2v) is 4.07. The number of anilines is 1. The van der Waals surface area contributed by atoms with Gasteiger partial charge in [0.2, 0.25) is 0 Å². The van der Waals surface area contributed by atoms with Crippen LogP contribution in [0, 0.1) is 17.2 Å². The molecule has 16 heavy (non-hydrogen) atoms. The molecule has 2 rings (SSSR count). The van der Waals surface area contributed by atoms with Gasteiger partial charge in [-0.3, -0.25) is 0 Å². The summed E-state index contributed by atoms with van der Waals surface area (Å²) in [7, 11) is 1.74. The van der Waals surface area contributed by atoms with E-state index in [1.165, 1.54) is 0 Å². The van der Waals surface area contributed by atoms with Crippen LogP contribution in [0.5, 0.6) is 0 Å². The van der Waals surface area contributed by atoms with E-state index < -0.39 is 0 Å². The van der Waals surface area contributed by atoms with Gasteiger partial charge >= 0.3 is 0 Å². The minimum Gasteiger partial charge on any atom is -0.384 e. The molecule has 0 aliphatic carbocycles. The maximum Gasteiger partial charge on any atom is 0.142 e. The highest BCUT2D eigenvalue weighted by Gasteiger charge is 2.22. The van der Waals surface area contributed by atoms with E-state index in [2.05, 4.69) is 16.0 Å². The van der Waals surface area contributed by atoms with Crippen molar-refractivity contribution in [1.29, 1.82) is 5.26 Å². The zero-order valence-electron chi connectivity index (χ0n) is 9.39. The predicted octanol–water partition coefficient (Wildman–Crippen LogP) is 1.43. The van der Waals surface area contributed by atoms with Gasteiger partial charge < -0.3 is 9.64 Å². The average Bonchev–Trinajstić information content (AvgIpc) is 2.78. The molecule has 84 valence electrons. The molecule has 1 aliphatic rings. The first-order valence-electron chi connectivity index (χ1n) is 5.43. The summed E-state index contributed by atoms with van der Waals surface area (Å²) in [6.07, 6.45) is 2.84. The summed E-state index contributed by atoms with van der Waals surface area (Å²) in [5.74, 6) is 0.601. The van der Waals surface area contributed by atoms with Crippen molar-refractivity contribution < 1.29 is 4.74 Å². The normalized spacial score (nSPS) is 19.8. The molecule has 2 heterocycles. The molecule has 1 unspecified atom stereocenters. The third-order valence-corrected chi connectivity index (χ3v) is 2.91. The minimum absolute atomic E-state index is 0.479. The Morgan fingerprint density at radius 2 is 2.56 bits per heavy atom. The Bertz CT molecular complexity index is 399. The lowest BCUT2D eigenvalue weighted by Gasteiger charge is -2.18. The van der Waals surface area contributed by atoms with Crippen LogP contribution in [0.15, 0.2) is 18.3 Å². The zero-order chi connectivity index (χ0) is 11.4. The molecule has 4 heteroatoms. The number of ether oxygens (including phenoxy) is 1. The van der Waals surface area contributed by atoms with E-state index in [0.29, 0.717) is 11.6 Å². The highest BCUT2D eigenvalue weighted by atomic mass is 16.5. The van der Waals surface area contributed by atoms with Crippen LogP contribution in [0.2, 0.25) is 0 Å². The van der Waals surface area contributed by atoms with Gasteiger partial charge in [0.25, 0.3) is 0 Å². The van der Waals surface area contributed by atoms with Crippen LogP contribution >= 0.6 is 0 Å². The third-order valence-electron chi connectivity index (χ3n) is 2.91. The Morgan fingerprint density at radius 3 is 3.31 bits per heavy atom. The number of hydrogen-bond acceptors (Lipinski definition) is 4. The number of methoxy groups -OCH3 is 1. The average molecular weight is 217 g/mol. The van der Waals surface area contributed by atoms with Gasteiger partial charge in [-0.15, -0.1) is 0 Å². The summed E-state index contributed by atoms with van der Waals surface area (Å²) < 4.78 is 5.16. The van der Waals surface area contributed by atoms with E-state index in [-0.39, 0.29) is 0 Å². The number of aromatic nitrogens is 1. The lowest BCUT2D eigenvalue weighted by molar-refractivity contribution is 0.161. The first-order valence-corrected chi connectivity index (χ1v) is 5.43. The quantitative estimate of drug-likeness (QED) is 0.768. The molecular weight excluding hydrogens is 202 g/mol. The van der Waals surface area contributed by atoms with Gasteiger partial charge in [0.1, 0.15) is 11.8 Å². The molecule has 0 saturated carbocycles. The van der Waals surface area contributed by atoms with Crippen molar-refractivity contribution in [2.45, 2.75) is 6.42 Å². The van der Waals surface area contributed by atoms with Crippen molar-refractivity contribution in [3.05, 3.63) is 24.0 Å². The van der Waals surface area contributed by atoms with Gasteiger partial charge in [0.15, 0.2) is 0 Å². The number of nitriles is 1. The molecule has 4 nitrogen and oxygen atoms in total. The molecule has 0 bridgehead atoms. The fourth-order valence-corrected chi connectivity index (χ4v) is 2.12. The Morgan fingerprint density at radius 1 is 1.69 bits per heavy atom. The summed E-state index contributed by atoms with van der Waals surface area (Å²) in [6.45, 7) is 2.85. The molecule has 0 N–H and O–H groups in total. The van der Waals surface area contributed by atoms with Crippen LogP contribution in [0.25, 0.3) is 0 Å². The fraction of sp³-hybridized carbons (Fsp3) is 0.500. The van der Waals surface area contributed by atoms with Crippen molar-refractivity contribution in [1.82, 2.24) is 4.98 Å². The molecule has 1 aromatic rings. The van der Waals surface area contributed by atoms with Crippen LogP contribution in [0.3, 0.4) is 0 Å². The van der Waals surface area contributed by atoms with Gasteiger partial charge in [0, 0.05) is 38.0 Å². The van der Waals surface area contributed by atoms with Gasteiger partial charge in [-0.2, -0.15) is 5.26 Å². The van der Waals surface area contributed by atoms with Crippen molar-refractivity contribution in [2.75, 3.05) is 31.7 Å². The van der Waals surface area contributed by atoms with Crippen LogP contribution in [-0.2, 0) is 4.74 Å². The van der Waals surface area contributed by atoms with Crippen LogP contribution in [0.4, 0.5) is 5.69 Å². The summed E-state index contributed by atoms with van der Waals surface area (Å²) >= 11 is 0. The van der Waals surface area contributed by atoms with E-state index in [4.69, 9.17) is 10.00 Å². The number of rotatable bonds is 3. The molecule has 0 spiro atoms. The largest absolute Gasteiger partial charge is 0.384 e. The Hall–Kier alpha value is -1.60. The van der Waals surface area contributed by atoms with Crippen molar-refractivity contribution in [3.63, 3.8) is 0 Å². The fourth-order valence-electron chi connectivity index (χ4n) is 2.12.